The molecule has 3 aromatic carbocycles. The predicted molar refractivity (Wildman–Crippen MR) is 158 cm³/mol. The molecule has 1 atom stereocenters. The summed E-state index contributed by atoms with van der Waals surface area (Å²) in [5.41, 5.74) is 2.91. The molecule has 40 heavy (non-hydrogen) atoms. The Morgan fingerprint density at radius 3 is 2.25 bits per heavy atom. The molecule has 0 saturated carbocycles. The van der Waals surface area contributed by atoms with Crippen molar-refractivity contribution in [2.24, 2.45) is 0 Å². The zero-order valence-electron chi connectivity index (χ0n) is 23.9. The van der Waals surface area contributed by atoms with Crippen molar-refractivity contribution in [3.63, 3.8) is 0 Å². The SMILES string of the molecule is CCCNC(=O)[C@@H](CC)N(Cc1cccc(OC)c1)C(=O)CN(c1cccc(C)c1)S(=O)(=O)c1ccc(C)cc1. The normalized spacial score (nSPS) is 11.9. The van der Waals surface area contributed by atoms with Crippen molar-refractivity contribution in [2.75, 3.05) is 24.5 Å². The highest BCUT2D eigenvalue weighted by Gasteiger charge is 2.33. The maximum absolute atomic E-state index is 14.1. The summed E-state index contributed by atoms with van der Waals surface area (Å²) in [5.74, 6) is -0.140. The maximum atomic E-state index is 14.1. The Kier molecular flexibility index (Phi) is 10.7. The van der Waals surface area contributed by atoms with Gasteiger partial charge in [-0.3, -0.25) is 13.9 Å². The van der Waals surface area contributed by atoms with Gasteiger partial charge in [0, 0.05) is 13.1 Å². The van der Waals surface area contributed by atoms with E-state index >= 15 is 0 Å². The van der Waals surface area contributed by atoms with Gasteiger partial charge in [-0.1, -0.05) is 55.8 Å². The molecule has 0 unspecified atom stereocenters. The summed E-state index contributed by atoms with van der Waals surface area (Å²) in [4.78, 5) is 28.8. The van der Waals surface area contributed by atoms with Gasteiger partial charge in [-0.2, -0.15) is 0 Å². The first-order valence-electron chi connectivity index (χ1n) is 13.5. The Morgan fingerprint density at radius 2 is 1.62 bits per heavy atom. The summed E-state index contributed by atoms with van der Waals surface area (Å²) in [6, 6.07) is 20.0. The van der Waals surface area contributed by atoms with Crippen LogP contribution in [-0.4, -0.2) is 51.4 Å². The highest BCUT2D eigenvalue weighted by Crippen LogP contribution is 2.26. The van der Waals surface area contributed by atoms with Crippen LogP contribution < -0.4 is 14.4 Å². The van der Waals surface area contributed by atoms with Crippen LogP contribution in [-0.2, 0) is 26.2 Å². The highest BCUT2D eigenvalue weighted by molar-refractivity contribution is 7.92. The number of methoxy groups -OCH3 is 1. The number of benzene rings is 3. The van der Waals surface area contributed by atoms with Crippen LogP contribution in [0.1, 0.15) is 43.4 Å². The lowest BCUT2D eigenvalue weighted by Crippen LogP contribution is -2.52. The fraction of sp³-hybridized carbons (Fsp3) is 0.355. The summed E-state index contributed by atoms with van der Waals surface area (Å²) >= 11 is 0. The summed E-state index contributed by atoms with van der Waals surface area (Å²) in [6.07, 6.45) is 1.11. The van der Waals surface area contributed by atoms with E-state index in [4.69, 9.17) is 4.74 Å². The maximum Gasteiger partial charge on any atom is 0.264 e. The smallest absolute Gasteiger partial charge is 0.264 e. The minimum absolute atomic E-state index is 0.0829. The van der Waals surface area contributed by atoms with E-state index in [1.807, 2.05) is 45.9 Å². The predicted octanol–water partition coefficient (Wildman–Crippen LogP) is 4.84. The quantitative estimate of drug-likeness (QED) is 0.320. The minimum Gasteiger partial charge on any atom is -0.497 e. The highest BCUT2D eigenvalue weighted by atomic mass is 32.2. The Labute approximate surface area is 238 Å². The number of carbonyl (C=O) groups excluding carboxylic acids is 2. The topological polar surface area (TPSA) is 96.0 Å². The lowest BCUT2D eigenvalue weighted by molar-refractivity contribution is -0.140. The third-order valence-corrected chi connectivity index (χ3v) is 8.39. The average molecular weight is 566 g/mol. The molecule has 0 heterocycles. The van der Waals surface area contributed by atoms with Crippen molar-refractivity contribution >= 4 is 27.5 Å². The van der Waals surface area contributed by atoms with E-state index in [1.165, 1.54) is 4.90 Å². The minimum atomic E-state index is -4.10. The molecular weight excluding hydrogens is 526 g/mol. The Morgan fingerprint density at radius 1 is 0.925 bits per heavy atom. The standard InChI is InChI=1S/C31H39N3O5S/c1-6-18-32-31(36)29(7-2)33(21-25-11-9-13-27(20-25)39-5)30(35)22-34(26-12-8-10-24(4)19-26)40(37,38)28-16-14-23(3)15-17-28/h8-17,19-20,29H,6-7,18,21-22H2,1-5H3,(H,32,36)/t29-/m1/s1. The van der Waals surface area contributed by atoms with Crippen molar-refractivity contribution in [3.05, 3.63) is 89.5 Å². The van der Waals surface area contributed by atoms with Crippen LogP contribution in [0.5, 0.6) is 5.75 Å². The summed E-state index contributed by atoms with van der Waals surface area (Å²) in [7, 11) is -2.54. The van der Waals surface area contributed by atoms with Crippen molar-refractivity contribution in [3.8, 4) is 5.75 Å². The molecule has 0 saturated heterocycles. The third kappa shape index (κ3) is 7.63. The number of hydrogen-bond donors (Lipinski definition) is 1. The van der Waals surface area contributed by atoms with Crippen LogP contribution in [0.25, 0.3) is 0 Å². The molecule has 0 aliphatic carbocycles. The van der Waals surface area contributed by atoms with Crippen molar-refractivity contribution < 1.29 is 22.7 Å². The molecule has 0 fully saturated rings. The molecule has 0 aliphatic rings. The number of hydrogen-bond acceptors (Lipinski definition) is 5. The Bertz CT molecular complexity index is 1410. The van der Waals surface area contributed by atoms with Gasteiger partial charge in [0.05, 0.1) is 17.7 Å². The van der Waals surface area contributed by atoms with Gasteiger partial charge in [0.25, 0.3) is 10.0 Å². The molecule has 3 rings (SSSR count). The average Bonchev–Trinajstić information content (AvgIpc) is 2.94. The van der Waals surface area contributed by atoms with Crippen LogP contribution in [0.3, 0.4) is 0 Å². The zero-order valence-corrected chi connectivity index (χ0v) is 24.7. The van der Waals surface area contributed by atoms with Crippen molar-refractivity contribution in [1.82, 2.24) is 10.2 Å². The summed E-state index contributed by atoms with van der Waals surface area (Å²) < 4.78 is 34.3. The number of carbonyl (C=O) groups is 2. The van der Waals surface area contributed by atoms with E-state index in [1.54, 1.807) is 61.7 Å². The van der Waals surface area contributed by atoms with Gasteiger partial charge >= 0.3 is 0 Å². The fourth-order valence-corrected chi connectivity index (χ4v) is 5.81. The molecule has 0 radical (unpaired) electrons. The molecule has 0 spiro atoms. The third-order valence-electron chi connectivity index (χ3n) is 6.60. The van der Waals surface area contributed by atoms with E-state index in [0.717, 1.165) is 27.4 Å². The first-order valence-corrected chi connectivity index (χ1v) is 14.9. The second-order valence-corrected chi connectivity index (χ2v) is 11.6. The number of nitrogens with zero attached hydrogens (tertiary/aromatic N) is 2. The van der Waals surface area contributed by atoms with Gasteiger partial charge in [-0.25, -0.2) is 8.42 Å². The van der Waals surface area contributed by atoms with Crippen LogP contribution in [0.4, 0.5) is 5.69 Å². The van der Waals surface area contributed by atoms with Gasteiger partial charge in [-0.05, 0) is 74.2 Å². The lowest BCUT2D eigenvalue weighted by Gasteiger charge is -2.33. The van der Waals surface area contributed by atoms with Gasteiger partial charge in [0.15, 0.2) is 0 Å². The van der Waals surface area contributed by atoms with E-state index in [-0.39, 0.29) is 17.3 Å². The molecule has 8 nitrogen and oxygen atoms in total. The van der Waals surface area contributed by atoms with Crippen molar-refractivity contribution in [1.29, 1.82) is 0 Å². The number of aryl methyl sites for hydroxylation is 2. The monoisotopic (exact) mass is 565 g/mol. The van der Waals surface area contributed by atoms with Crippen LogP contribution in [0, 0.1) is 13.8 Å². The van der Waals surface area contributed by atoms with E-state index < -0.39 is 28.5 Å². The van der Waals surface area contributed by atoms with Gasteiger partial charge in [-0.15, -0.1) is 0 Å². The molecule has 0 aliphatic heterocycles. The molecule has 1 N–H and O–H groups in total. The summed E-state index contributed by atoms with van der Waals surface area (Å²) in [5, 5.41) is 2.89. The Balaban J connectivity index is 2.06. The van der Waals surface area contributed by atoms with E-state index in [2.05, 4.69) is 5.32 Å². The second-order valence-electron chi connectivity index (χ2n) is 9.75. The van der Waals surface area contributed by atoms with Gasteiger partial charge < -0.3 is 15.0 Å². The number of rotatable bonds is 13. The molecule has 2 amide bonds. The molecule has 9 heteroatoms. The number of ether oxygens (including phenoxy) is 1. The van der Waals surface area contributed by atoms with Crippen LogP contribution >= 0.6 is 0 Å². The fourth-order valence-electron chi connectivity index (χ4n) is 4.40. The molecule has 214 valence electrons. The molecular formula is C31H39N3O5S. The lowest BCUT2D eigenvalue weighted by atomic mass is 10.1. The number of sulfonamides is 1. The van der Waals surface area contributed by atoms with Gasteiger partial charge in [0.2, 0.25) is 11.8 Å². The molecule has 0 aromatic heterocycles. The van der Waals surface area contributed by atoms with E-state index in [9.17, 15) is 18.0 Å². The van der Waals surface area contributed by atoms with Crippen LogP contribution in [0.2, 0.25) is 0 Å². The van der Waals surface area contributed by atoms with Gasteiger partial charge in [0.1, 0.15) is 18.3 Å². The number of nitrogens with one attached hydrogen (secondary N) is 1. The second kappa shape index (κ2) is 14.0. The first-order chi connectivity index (χ1) is 19.1. The van der Waals surface area contributed by atoms with E-state index in [0.29, 0.717) is 24.4 Å². The zero-order chi connectivity index (χ0) is 29.3. The Hall–Kier alpha value is -3.85. The first kappa shape index (κ1) is 30.7. The van der Waals surface area contributed by atoms with Crippen LogP contribution in [0.15, 0.2) is 77.7 Å². The van der Waals surface area contributed by atoms with Crippen molar-refractivity contribution in [2.45, 2.75) is 58.0 Å². The largest absolute Gasteiger partial charge is 0.497 e. The number of amides is 2. The molecule has 3 aromatic rings. The number of anilines is 1. The molecule has 0 bridgehead atoms. The summed E-state index contributed by atoms with van der Waals surface area (Å²) in [6.45, 7) is 7.65.